The van der Waals surface area contributed by atoms with E-state index in [4.69, 9.17) is 9.47 Å². The Balaban J connectivity index is 1.58. The highest BCUT2D eigenvalue weighted by Crippen LogP contribution is 2.31. The summed E-state index contributed by atoms with van der Waals surface area (Å²) >= 11 is 0. The van der Waals surface area contributed by atoms with Crippen LogP contribution < -0.4 is 19.7 Å². The maximum Gasteiger partial charge on any atom is 0.273 e. The normalized spacial score (nSPS) is 16.9. The number of amides is 1. The van der Waals surface area contributed by atoms with Gasteiger partial charge in [0.25, 0.3) is 5.91 Å². The Morgan fingerprint density at radius 3 is 2.71 bits per heavy atom. The quantitative estimate of drug-likeness (QED) is 0.872. The van der Waals surface area contributed by atoms with E-state index in [2.05, 4.69) is 19.9 Å². The van der Waals surface area contributed by atoms with Crippen LogP contribution in [0, 0.1) is 5.92 Å². The SMILES string of the molecule is COc1cc(OC)cc(N2CC[C@@H](CNC(=O)c3ccon3)C2)c1. The van der Waals surface area contributed by atoms with E-state index in [1.807, 2.05) is 18.2 Å². The lowest BCUT2D eigenvalue weighted by Gasteiger charge is -2.20. The predicted molar refractivity (Wildman–Crippen MR) is 88.7 cm³/mol. The number of aromatic nitrogens is 1. The summed E-state index contributed by atoms with van der Waals surface area (Å²) in [5.74, 6) is 1.72. The number of nitrogens with one attached hydrogen (secondary N) is 1. The van der Waals surface area contributed by atoms with Crippen molar-refractivity contribution in [3.63, 3.8) is 0 Å². The number of anilines is 1. The highest BCUT2D eigenvalue weighted by atomic mass is 16.5. The van der Waals surface area contributed by atoms with E-state index in [0.717, 1.165) is 36.7 Å². The van der Waals surface area contributed by atoms with Crippen molar-refractivity contribution in [2.45, 2.75) is 6.42 Å². The van der Waals surface area contributed by atoms with Crippen molar-refractivity contribution in [3.05, 3.63) is 36.2 Å². The zero-order valence-corrected chi connectivity index (χ0v) is 13.8. The molecule has 1 aromatic heterocycles. The molecular formula is C17H21N3O4. The molecule has 1 amide bonds. The number of rotatable bonds is 6. The van der Waals surface area contributed by atoms with Crippen LogP contribution in [0.4, 0.5) is 5.69 Å². The van der Waals surface area contributed by atoms with Gasteiger partial charge in [-0.15, -0.1) is 0 Å². The number of carbonyl (C=O) groups is 1. The van der Waals surface area contributed by atoms with Gasteiger partial charge in [-0.2, -0.15) is 0 Å². The smallest absolute Gasteiger partial charge is 0.273 e. The Kier molecular flexibility index (Phi) is 4.88. The number of methoxy groups -OCH3 is 2. The fourth-order valence-electron chi connectivity index (χ4n) is 2.87. The molecule has 0 radical (unpaired) electrons. The van der Waals surface area contributed by atoms with Crippen molar-refractivity contribution in [2.75, 3.05) is 38.8 Å². The van der Waals surface area contributed by atoms with Gasteiger partial charge in [0.15, 0.2) is 5.69 Å². The number of carbonyl (C=O) groups excluding carboxylic acids is 1. The Labute approximate surface area is 140 Å². The topological polar surface area (TPSA) is 76.8 Å². The van der Waals surface area contributed by atoms with Gasteiger partial charge >= 0.3 is 0 Å². The lowest BCUT2D eigenvalue weighted by molar-refractivity contribution is 0.0939. The standard InChI is InChI=1S/C17H21N3O4/c1-22-14-7-13(8-15(9-14)23-2)20-5-3-12(11-20)10-18-17(21)16-4-6-24-19-16/h4,6-9,12H,3,5,10-11H2,1-2H3,(H,18,21)/t12-/m0/s1. The lowest BCUT2D eigenvalue weighted by atomic mass is 10.1. The number of hydrogen-bond acceptors (Lipinski definition) is 6. The minimum atomic E-state index is -0.203. The maximum absolute atomic E-state index is 11.9. The third kappa shape index (κ3) is 3.61. The monoisotopic (exact) mass is 331 g/mol. The zero-order chi connectivity index (χ0) is 16.9. The molecule has 2 heterocycles. The van der Waals surface area contributed by atoms with E-state index in [-0.39, 0.29) is 5.91 Å². The molecule has 3 rings (SSSR count). The number of hydrogen-bond donors (Lipinski definition) is 1. The maximum atomic E-state index is 11.9. The lowest BCUT2D eigenvalue weighted by Crippen LogP contribution is -2.31. The Morgan fingerprint density at radius 2 is 2.08 bits per heavy atom. The number of nitrogens with zero attached hydrogens (tertiary/aromatic N) is 2. The van der Waals surface area contributed by atoms with Crippen molar-refractivity contribution in [2.24, 2.45) is 5.92 Å². The summed E-state index contributed by atoms with van der Waals surface area (Å²) in [4.78, 5) is 14.2. The highest BCUT2D eigenvalue weighted by Gasteiger charge is 2.24. The average molecular weight is 331 g/mol. The molecule has 1 N–H and O–H groups in total. The van der Waals surface area contributed by atoms with Gasteiger partial charge < -0.3 is 24.2 Å². The number of benzene rings is 1. The summed E-state index contributed by atoms with van der Waals surface area (Å²) < 4.78 is 15.3. The van der Waals surface area contributed by atoms with Crippen molar-refractivity contribution < 1.29 is 18.8 Å². The van der Waals surface area contributed by atoms with Crippen molar-refractivity contribution in [1.82, 2.24) is 10.5 Å². The average Bonchev–Trinajstić information content (AvgIpc) is 3.30. The molecule has 7 heteroatoms. The third-order valence-electron chi connectivity index (χ3n) is 4.21. The van der Waals surface area contributed by atoms with Crippen LogP contribution in [0.15, 0.2) is 35.1 Å². The molecule has 0 spiro atoms. The van der Waals surface area contributed by atoms with E-state index < -0.39 is 0 Å². The van der Waals surface area contributed by atoms with E-state index in [0.29, 0.717) is 18.2 Å². The van der Waals surface area contributed by atoms with Crippen LogP contribution >= 0.6 is 0 Å². The molecule has 1 aliphatic heterocycles. The fraction of sp³-hybridized carbons (Fsp3) is 0.412. The van der Waals surface area contributed by atoms with E-state index in [9.17, 15) is 4.79 Å². The third-order valence-corrected chi connectivity index (χ3v) is 4.21. The molecule has 1 saturated heterocycles. The minimum absolute atomic E-state index is 0.203. The van der Waals surface area contributed by atoms with Gasteiger partial charge in [-0.25, -0.2) is 0 Å². The molecular weight excluding hydrogens is 310 g/mol. The van der Waals surface area contributed by atoms with Crippen LogP contribution in [0.1, 0.15) is 16.9 Å². The first-order chi connectivity index (χ1) is 11.7. The molecule has 1 atom stereocenters. The van der Waals surface area contributed by atoms with Crippen LogP contribution in [0.25, 0.3) is 0 Å². The van der Waals surface area contributed by atoms with Gasteiger partial charge in [-0.1, -0.05) is 5.16 Å². The molecule has 1 aliphatic rings. The zero-order valence-electron chi connectivity index (χ0n) is 13.8. The summed E-state index contributed by atoms with van der Waals surface area (Å²) in [6, 6.07) is 7.41. The highest BCUT2D eigenvalue weighted by molar-refractivity contribution is 5.91. The van der Waals surface area contributed by atoms with Crippen molar-refractivity contribution in [1.29, 1.82) is 0 Å². The first kappa shape index (κ1) is 16.2. The predicted octanol–water partition coefficient (Wildman–Crippen LogP) is 1.95. The Hall–Kier alpha value is -2.70. The minimum Gasteiger partial charge on any atom is -0.497 e. The van der Waals surface area contributed by atoms with E-state index >= 15 is 0 Å². The first-order valence-electron chi connectivity index (χ1n) is 7.86. The second-order valence-corrected chi connectivity index (χ2v) is 5.77. The summed E-state index contributed by atoms with van der Waals surface area (Å²) in [5, 5.41) is 6.54. The molecule has 0 saturated carbocycles. The van der Waals surface area contributed by atoms with E-state index in [1.54, 1.807) is 20.3 Å². The first-order valence-corrected chi connectivity index (χ1v) is 7.86. The molecule has 0 aliphatic carbocycles. The van der Waals surface area contributed by atoms with Crippen LogP contribution in [0.2, 0.25) is 0 Å². The van der Waals surface area contributed by atoms with Gasteiger partial charge in [-0.3, -0.25) is 4.79 Å². The second kappa shape index (κ2) is 7.25. The molecule has 128 valence electrons. The molecule has 7 nitrogen and oxygen atoms in total. The number of ether oxygens (including phenoxy) is 2. The van der Waals surface area contributed by atoms with Crippen molar-refractivity contribution in [3.8, 4) is 11.5 Å². The largest absolute Gasteiger partial charge is 0.497 e. The molecule has 0 bridgehead atoms. The van der Waals surface area contributed by atoms with Gasteiger partial charge in [0, 0.05) is 49.6 Å². The Bertz CT molecular complexity index is 665. The van der Waals surface area contributed by atoms with Gasteiger partial charge in [0.05, 0.1) is 14.2 Å². The van der Waals surface area contributed by atoms with Crippen LogP contribution in [-0.2, 0) is 0 Å². The molecule has 1 aromatic carbocycles. The Morgan fingerprint density at radius 1 is 1.33 bits per heavy atom. The summed E-state index contributed by atoms with van der Waals surface area (Å²) in [6.45, 7) is 2.42. The van der Waals surface area contributed by atoms with Crippen molar-refractivity contribution >= 4 is 11.6 Å². The summed E-state index contributed by atoms with van der Waals surface area (Å²) in [6.07, 6.45) is 2.40. The van der Waals surface area contributed by atoms with Gasteiger partial charge in [0.1, 0.15) is 17.8 Å². The molecule has 0 unspecified atom stereocenters. The molecule has 2 aromatic rings. The second-order valence-electron chi connectivity index (χ2n) is 5.77. The van der Waals surface area contributed by atoms with Crippen LogP contribution in [0.5, 0.6) is 11.5 Å². The van der Waals surface area contributed by atoms with Gasteiger partial charge in [-0.05, 0) is 12.3 Å². The van der Waals surface area contributed by atoms with Gasteiger partial charge in [0.2, 0.25) is 0 Å². The molecule has 24 heavy (non-hydrogen) atoms. The van der Waals surface area contributed by atoms with Crippen LogP contribution in [0.3, 0.4) is 0 Å². The van der Waals surface area contributed by atoms with E-state index in [1.165, 1.54) is 6.26 Å². The summed E-state index contributed by atoms with van der Waals surface area (Å²) in [5.41, 5.74) is 1.37. The van der Waals surface area contributed by atoms with Crippen LogP contribution in [-0.4, -0.2) is 44.9 Å². The fourth-order valence-corrected chi connectivity index (χ4v) is 2.87. The molecule has 1 fully saturated rings. The summed E-state index contributed by atoms with van der Waals surface area (Å²) in [7, 11) is 3.29.